The average molecular weight is 1680 g/mol. The van der Waals surface area contributed by atoms with Crippen LogP contribution in [0.2, 0.25) is 0 Å². The van der Waals surface area contributed by atoms with Crippen LogP contribution in [0.25, 0.3) is 5.57 Å². The van der Waals surface area contributed by atoms with Gasteiger partial charge in [0.05, 0.1) is 64.1 Å². The van der Waals surface area contributed by atoms with E-state index in [-0.39, 0.29) is 35.0 Å². The van der Waals surface area contributed by atoms with Crippen LogP contribution in [0.1, 0.15) is 121 Å². The van der Waals surface area contributed by atoms with Crippen molar-refractivity contribution in [3.05, 3.63) is 237 Å². The first-order chi connectivity index (χ1) is 54.5. The molecule has 0 unspecified atom stereocenters. The maximum atomic E-state index is 12.5. The van der Waals surface area contributed by atoms with Crippen LogP contribution in [0.3, 0.4) is 0 Å². The topological polar surface area (TPSA) is 369 Å². The highest BCUT2D eigenvalue weighted by Gasteiger charge is 2.28. The summed E-state index contributed by atoms with van der Waals surface area (Å²) in [6.07, 6.45) is 12.5. The van der Waals surface area contributed by atoms with Gasteiger partial charge in [-0.3, -0.25) is 0 Å². The minimum Gasteiger partial charge on any atom is -0.481 e. The molecule has 0 aliphatic carbocycles. The van der Waals surface area contributed by atoms with Gasteiger partial charge in [-0.25, -0.2) is 74.8 Å². The second kappa shape index (κ2) is 41.9. The Bertz CT molecular complexity index is 5300. The van der Waals surface area contributed by atoms with E-state index in [1.54, 1.807) is 96.3 Å². The molecule has 592 valence electrons. The molecule has 0 radical (unpaired) electrons. The lowest BCUT2D eigenvalue weighted by Gasteiger charge is -2.16. The molecule has 12 aromatic rings. The standard InChI is InChI=1S/C20H21BrN4O.C19H16N4O2.C15H16BrF3N4O.C14H16N4O2.C13H16N4O2/c1-13(2)16-11-23-19(21)9-17(16)26-18-12-22-14(3)25-20(18)24-10-15-7-5-4-6-8-15;1-13-21-12-17(19(20)23-13)25-16-10-18(24-2)22-11-15(16)9-8-14-6-4-3-5-7-14;1-8(2)10-5-21-13(16)4-11(10)24-12-6-20-9(3)23-14(12)22-7-15(17,18)19;1-8(2)10-6-17-13(19-4)5-11(10)20-12-7-16-9(3)18-14(12)15;1-4-9-6-16-12(18-3)5-10(9)19-11-7-15-8(2)17-13(11)14/h4-9,11-13H,10H2,1-3H3,(H,22,24,25);3-7,10-12H,1-2H3,(H2,20,21,23);4-6,8H,7H2,1-3H3,(H,20,22,23);5-7H,1H2,2-4H3,(H2,15,16,18);5-7H,4H2,1-3H3,(H2,14,15,17). The van der Waals surface area contributed by atoms with Gasteiger partial charge in [-0.15, -0.1) is 0 Å². The van der Waals surface area contributed by atoms with Crippen molar-refractivity contribution in [3.8, 4) is 87.0 Å². The van der Waals surface area contributed by atoms with Crippen LogP contribution in [0, 0.1) is 46.5 Å². The SMILES string of the molecule is C=C(C)c1cnc(OC)cc1Oc1cnc(C)nc1N.CCc1cnc(OC)cc1Oc1cnc(C)nc1N.COc1cc(Oc2cnc(C)nc2N)c(C#Cc2ccccc2)cn1.Cc1ncc(Oc2cc(Br)ncc2C(C)C)c(NCC(F)(F)F)n1.Cc1ncc(Oc2cc(Br)ncc2C(C)C)c(NCc2ccccc2)n1. The summed E-state index contributed by atoms with van der Waals surface area (Å²) < 4.78 is 83.3. The smallest absolute Gasteiger partial charge is 0.405 e. The van der Waals surface area contributed by atoms with Crippen LogP contribution < -0.4 is 65.7 Å². The summed E-state index contributed by atoms with van der Waals surface area (Å²) in [5.74, 6) is 16.9. The Morgan fingerprint density at radius 1 is 0.456 bits per heavy atom. The number of halogens is 5. The zero-order valence-corrected chi connectivity index (χ0v) is 68.2. The number of hydrogen-bond acceptors (Lipinski definition) is 28. The van der Waals surface area contributed by atoms with E-state index in [4.69, 9.17) is 55.1 Å². The van der Waals surface area contributed by atoms with Gasteiger partial charge in [0.2, 0.25) is 17.6 Å². The number of allylic oxidation sites excluding steroid dienone is 1. The molecule has 0 atom stereocenters. The normalized spacial score (nSPS) is 10.6. The molecule has 0 saturated carbocycles. The highest BCUT2D eigenvalue weighted by atomic mass is 79.9. The number of nitrogens with one attached hydrogen (secondary N) is 2. The molecule has 0 saturated heterocycles. The van der Waals surface area contributed by atoms with Gasteiger partial charge >= 0.3 is 6.18 Å². The Morgan fingerprint density at radius 3 is 1.29 bits per heavy atom. The Hall–Kier alpha value is -13.0. The molecule has 0 bridgehead atoms. The van der Waals surface area contributed by atoms with Crippen molar-refractivity contribution in [2.75, 3.05) is 55.7 Å². The summed E-state index contributed by atoms with van der Waals surface area (Å²) in [6, 6.07) is 28.4. The third-order valence-corrected chi connectivity index (χ3v) is 16.3. The molecule has 0 amide bonds. The van der Waals surface area contributed by atoms with Gasteiger partial charge in [0.25, 0.3) is 0 Å². The number of rotatable bonds is 22. The number of aryl methyl sites for hydroxylation is 6. The predicted octanol–water partition coefficient (Wildman–Crippen LogP) is 18.0. The number of aromatic nitrogens is 15. The van der Waals surface area contributed by atoms with E-state index in [0.29, 0.717) is 121 Å². The second-order valence-electron chi connectivity index (χ2n) is 25.0. The first kappa shape index (κ1) is 86.6. The number of ether oxygens (including phenoxy) is 8. The quantitative estimate of drug-likeness (QED) is 0.0311. The fraction of sp³-hybridized carbons (Fsp3) is 0.247. The van der Waals surface area contributed by atoms with Crippen molar-refractivity contribution in [3.63, 3.8) is 0 Å². The Kier molecular flexibility index (Phi) is 31.8. The molecule has 0 aliphatic heterocycles. The zero-order valence-electron chi connectivity index (χ0n) is 65.0. The van der Waals surface area contributed by atoms with Gasteiger partial charge in [0, 0.05) is 89.5 Å². The number of alkyl halides is 3. The van der Waals surface area contributed by atoms with Crippen molar-refractivity contribution in [1.29, 1.82) is 0 Å². The zero-order chi connectivity index (χ0) is 82.6. The molecule has 114 heavy (non-hydrogen) atoms. The number of nitrogens with two attached hydrogens (primary N) is 3. The molecule has 8 N–H and O–H groups in total. The van der Waals surface area contributed by atoms with E-state index in [2.05, 4.69) is 162 Å². The highest BCUT2D eigenvalue weighted by molar-refractivity contribution is 9.10. The number of anilines is 5. The molecular formula is C81H85Br2F3N20O8. The van der Waals surface area contributed by atoms with Crippen LogP contribution in [0.5, 0.6) is 75.1 Å². The van der Waals surface area contributed by atoms with Gasteiger partial charge < -0.3 is 65.7 Å². The Labute approximate surface area is 675 Å². The third kappa shape index (κ3) is 26.6. The third-order valence-electron chi connectivity index (χ3n) is 15.5. The van der Waals surface area contributed by atoms with Crippen LogP contribution in [-0.4, -0.2) is 109 Å². The first-order valence-corrected chi connectivity index (χ1v) is 36.6. The average Bonchev–Trinajstić information content (AvgIpc) is 0.811. The minimum absolute atomic E-state index is 0.0116. The lowest BCUT2D eigenvalue weighted by atomic mass is 10.1. The van der Waals surface area contributed by atoms with Gasteiger partial charge in [-0.1, -0.05) is 102 Å². The molecule has 10 heterocycles. The van der Waals surface area contributed by atoms with E-state index in [1.807, 2.05) is 95.4 Å². The lowest BCUT2D eigenvalue weighted by Crippen LogP contribution is -2.22. The Balaban J connectivity index is 0.000000179. The van der Waals surface area contributed by atoms with Crippen molar-refractivity contribution in [1.82, 2.24) is 74.8 Å². The van der Waals surface area contributed by atoms with Gasteiger partial charge in [0.1, 0.15) is 73.6 Å². The number of nitrogens with zero attached hydrogens (tertiary/aromatic N) is 15. The lowest BCUT2D eigenvalue weighted by molar-refractivity contribution is -0.115. The highest BCUT2D eigenvalue weighted by Crippen LogP contribution is 2.39. The number of benzene rings is 2. The fourth-order valence-corrected chi connectivity index (χ4v) is 10.3. The van der Waals surface area contributed by atoms with E-state index in [9.17, 15) is 13.2 Å². The van der Waals surface area contributed by atoms with E-state index in [0.717, 1.165) is 50.2 Å². The molecule has 0 aliphatic rings. The monoisotopic (exact) mass is 1680 g/mol. The van der Waals surface area contributed by atoms with E-state index in [1.165, 1.54) is 38.4 Å². The van der Waals surface area contributed by atoms with Gasteiger partial charge in [0.15, 0.2) is 57.8 Å². The van der Waals surface area contributed by atoms with E-state index < -0.39 is 12.7 Å². The summed E-state index contributed by atoms with van der Waals surface area (Å²) in [4.78, 5) is 62.1. The van der Waals surface area contributed by atoms with Crippen LogP contribution in [0.15, 0.2) is 169 Å². The number of methoxy groups -OCH3 is 3. The number of nitrogen functional groups attached to an aromatic ring is 3. The molecule has 0 fully saturated rings. The molecule has 28 nitrogen and oxygen atoms in total. The molecular weight excluding hydrogens is 1600 g/mol. The van der Waals surface area contributed by atoms with Gasteiger partial charge in [-0.2, -0.15) is 13.2 Å². The minimum atomic E-state index is -4.36. The van der Waals surface area contributed by atoms with E-state index >= 15 is 0 Å². The second-order valence-corrected chi connectivity index (χ2v) is 26.6. The summed E-state index contributed by atoms with van der Waals surface area (Å²) in [5.41, 5.74) is 24.6. The molecule has 0 spiro atoms. The first-order valence-electron chi connectivity index (χ1n) is 35.1. The molecule has 33 heteroatoms. The number of pyridine rings is 5. The maximum absolute atomic E-state index is 12.5. The maximum Gasteiger partial charge on any atom is 0.405 e. The van der Waals surface area contributed by atoms with Crippen LogP contribution >= 0.6 is 31.9 Å². The number of hydrogen-bond donors (Lipinski definition) is 5. The summed E-state index contributed by atoms with van der Waals surface area (Å²) in [7, 11) is 4.63. The summed E-state index contributed by atoms with van der Waals surface area (Å²) in [5, 5.41) is 5.60. The largest absolute Gasteiger partial charge is 0.481 e. The van der Waals surface area contributed by atoms with Crippen molar-refractivity contribution in [2.45, 2.75) is 107 Å². The van der Waals surface area contributed by atoms with Crippen molar-refractivity contribution < 1.29 is 51.1 Å². The van der Waals surface area contributed by atoms with Crippen molar-refractivity contribution in [2.24, 2.45) is 0 Å². The predicted molar refractivity (Wildman–Crippen MR) is 437 cm³/mol. The molecule has 2 aromatic carbocycles. The van der Waals surface area contributed by atoms with Crippen LogP contribution in [0.4, 0.5) is 42.3 Å². The van der Waals surface area contributed by atoms with Crippen molar-refractivity contribution >= 4 is 66.5 Å². The summed E-state index contributed by atoms with van der Waals surface area (Å²) >= 11 is 6.67. The fourth-order valence-electron chi connectivity index (χ4n) is 9.66. The molecule has 12 rings (SSSR count). The Morgan fingerprint density at radius 2 is 0.851 bits per heavy atom. The van der Waals surface area contributed by atoms with Gasteiger partial charge in [-0.05, 0) is 115 Å². The summed E-state index contributed by atoms with van der Waals surface area (Å²) in [6.45, 7) is 24.1. The van der Waals surface area contributed by atoms with Crippen LogP contribution in [-0.2, 0) is 13.0 Å². The molecule has 10 aromatic heterocycles.